The van der Waals surface area contributed by atoms with Crippen molar-refractivity contribution in [2.75, 3.05) is 0 Å². The monoisotopic (exact) mass is 289 g/mol. The van der Waals surface area contributed by atoms with Gasteiger partial charge in [0.25, 0.3) is 11.6 Å². The predicted molar refractivity (Wildman–Crippen MR) is 75.3 cm³/mol. The van der Waals surface area contributed by atoms with Gasteiger partial charge in [-0.1, -0.05) is 13.8 Å². The number of nitrogens with two attached hydrogens (primary N) is 1. The Morgan fingerprint density at radius 3 is 2.62 bits per heavy atom. The minimum absolute atomic E-state index is 0.0235. The molecule has 110 valence electrons. The molecule has 2 aromatic heterocycles. The number of primary amides is 1. The van der Waals surface area contributed by atoms with Crippen LogP contribution in [0, 0.1) is 10.1 Å². The van der Waals surface area contributed by atoms with E-state index >= 15 is 0 Å². The average molecular weight is 289 g/mol. The predicted octanol–water partition coefficient (Wildman–Crippen LogP) is 1.40. The van der Waals surface area contributed by atoms with E-state index in [0.717, 1.165) is 30.1 Å². The van der Waals surface area contributed by atoms with Crippen LogP contribution in [0.5, 0.6) is 0 Å². The van der Waals surface area contributed by atoms with Crippen molar-refractivity contribution in [3.05, 3.63) is 45.4 Å². The average Bonchev–Trinajstić information content (AvgIpc) is 2.89. The molecule has 2 heterocycles. The van der Waals surface area contributed by atoms with Crippen LogP contribution in [0.1, 0.15) is 35.6 Å². The summed E-state index contributed by atoms with van der Waals surface area (Å²) in [6, 6.07) is 3.03. The zero-order chi connectivity index (χ0) is 15.6. The fourth-order valence-corrected chi connectivity index (χ4v) is 1.98. The van der Waals surface area contributed by atoms with Crippen LogP contribution >= 0.6 is 0 Å². The van der Waals surface area contributed by atoms with Crippen molar-refractivity contribution in [3.8, 4) is 5.82 Å². The Morgan fingerprint density at radius 2 is 2.10 bits per heavy atom. The van der Waals surface area contributed by atoms with E-state index < -0.39 is 10.8 Å². The molecular formula is C13H15N5O3. The fourth-order valence-electron chi connectivity index (χ4n) is 1.98. The second kappa shape index (κ2) is 5.70. The Balaban J connectivity index is 2.65. The fraction of sp³-hybridized carbons (Fsp3) is 0.308. The summed E-state index contributed by atoms with van der Waals surface area (Å²) in [5.41, 5.74) is 6.71. The molecule has 2 N–H and O–H groups in total. The van der Waals surface area contributed by atoms with E-state index in [4.69, 9.17) is 5.73 Å². The lowest BCUT2D eigenvalue weighted by Gasteiger charge is -2.08. The van der Waals surface area contributed by atoms with Gasteiger partial charge in [0.05, 0.1) is 16.2 Å². The molecule has 1 amide bonds. The van der Waals surface area contributed by atoms with Crippen LogP contribution in [0.25, 0.3) is 5.82 Å². The largest absolute Gasteiger partial charge is 0.365 e. The number of hydrogen-bond donors (Lipinski definition) is 1. The number of amides is 1. The number of rotatable bonds is 5. The Kier molecular flexibility index (Phi) is 3.97. The van der Waals surface area contributed by atoms with Crippen LogP contribution in [0.4, 0.5) is 5.69 Å². The summed E-state index contributed by atoms with van der Waals surface area (Å²) in [4.78, 5) is 25.7. The van der Waals surface area contributed by atoms with Crippen LogP contribution in [0.15, 0.2) is 18.3 Å². The lowest BCUT2D eigenvalue weighted by atomic mass is 10.2. The van der Waals surface area contributed by atoms with E-state index in [1.165, 1.54) is 4.68 Å². The molecule has 0 bridgehead atoms. The summed E-state index contributed by atoms with van der Waals surface area (Å²) in [6.07, 6.45) is 2.51. The number of carbonyl (C=O) groups excluding carboxylic acids is 1. The molecule has 0 aliphatic carbocycles. The topological polar surface area (TPSA) is 117 Å². The lowest BCUT2D eigenvalue weighted by molar-refractivity contribution is -0.385. The van der Waals surface area contributed by atoms with Gasteiger partial charge in [0.1, 0.15) is 6.20 Å². The van der Waals surface area contributed by atoms with Gasteiger partial charge in [-0.05, 0) is 18.9 Å². The SMILES string of the molecule is CCc1cc(CC)n(-c2ncc([N+](=O)[O-])cc2C(N)=O)n1. The van der Waals surface area contributed by atoms with Gasteiger partial charge in [-0.3, -0.25) is 14.9 Å². The number of aryl methyl sites for hydroxylation is 2. The molecule has 8 heteroatoms. The maximum Gasteiger partial charge on any atom is 0.288 e. The van der Waals surface area contributed by atoms with Crippen molar-refractivity contribution >= 4 is 11.6 Å². The van der Waals surface area contributed by atoms with Crippen molar-refractivity contribution in [1.29, 1.82) is 0 Å². The molecule has 0 spiro atoms. The molecule has 0 unspecified atom stereocenters. The van der Waals surface area contributed by atoms with Crippen LogP contribution in [0.3, 0.4) is 0 Å². The number of nitro groups is 1. The molecule has 0 saturated carbocycles. The number of aromatic nitrogens is 3. The highest BCUT2D eigenvalue weighted by Crippen LogP contribution is 2.20. The molecule has 0 saturated heterocycles. The lowest BCUT2D eigenvalue weighted by Crippen LogP contribution is -2.18. The number of nitrogens with zero attached hydrogens (tertiary/aromatic N) is 4. The van der Waals surface area contributed by atoms with Crippen molar-refractivity contribution in [2.45, 2.75) is 26.7 Å². The quantitative estimate of drug-likeness (QED) is 0.659. The zero-order valence-electron chi connectivity index (χ0n) is 11.7. The smallest absolute Gasteiger partial charge is 0.288 e. The van der Waals surface area contributed by atoms with Crippen LogP contribution in [0.2, 0.25) is 0 Å². The van der Waals surface area contributed by atoms with Crippen LogP contribution in [-0.2, 0) is 12.8 Å². The van der Waals surface area contributed by atoms with Gasteiger partial charge < -0.3 is 5.73 Å². The minimum Gasteiger partial charge on any atom is -0.365 e. The zero-order valence-corrected chi connectivity index (χ0v) is 11.7. The molecule has 0 radical (unpaired) electrons. The van der Waals surface area contributed by atoms with E-state index in [1.54, 1.807) is 0 Å². The second-order valence-corrected chi connectivity index (χ2v) is 4.43. The van der Waals surface area contributed by atoms with Crippen molar-refractivity contribution in [3.63, 3.8) is 0 Å². The highest BCUT2D eigenvalue weighted by Gasteiger charge is 2.20. The van der Waals surface area contributed by atoms with Crippen molar-refractivity contribution < 1.29 is 9.72 Å². The first-order valence-corrected chi connectivity index (χ1v) is 6.50. The second-order valence-electron chi connectivity index (χ2n) is 4.43. The van der Waals surface area contributed by atoms with Crippen LogP contribution < -0.4 is 5.73 Å². The summed E-state index contributed by atoms with van der Waals surface area (Å²) in [5, 5.41) is 15.2. The summed E-state index contributed by atoms with van der Waals surface area (Å²) in [7, 11) is 0. The van der Waals surface area contributed by atoms with Gasteiger partial charge in [0.15, 0.2) is 5.82 Å². The molecule has 0 aliphatic rings. The Bertz CT molecular complexity index is 708. The van der Waals surface area contributed by atoms with E-state index in [1.807, 2.05) is 19.9 Å². The van der Waals surface area contributed by atoms with Crippen molar-refractivity contribution in [2.24, 2.45) is 5.73 Å². The van der Waals surface area contributed by atoms with E-state index in [0.29, 0.717) is 6.42 Å². The van der Waals surface area contributed by atoms with Gasteiger partial charge in [-0.15, -0.1) is 0 Å². The maximum atomic E-state index is 11.6. The molecule has 0 atom stereocenters. The Labute approximate surface area is 120 Å². The van der Waals surface area contributed by atoms with E-state index in [9.17, 15) is 14.9 Å². The first-order valence-electron chi connectivity index (χ1n) is 6.50. The summed E-state index contributed by atoms with van der Waals surface area (Å²) in [5.74, 6) is -0.568. The first-order chi connectivity index (χ1) is 9.97. The van der Waals surface area contributed by atoms with Gasteiger partial charge in [-0.25, -0.2) is 9.67 Å². The third-order valence-electron chi connectivity index (χ3n) is 3.09. The molecule has 2 rings (SSSR count). The molecular weight excluding hydrogens is 274 g/mol. The highest BCUT2D eigenvalue weighted by molar-refractivity contribution is 5.96. The Hall–Kier alpha value is -2.77. The van der Waals surface area contributed by atoms with Gasteiger partial charge in [-0.2, -0.15) is 5.10 Å². The van der Waals surface area contributed by atoms with Crippen molar-refractivity contribution in [1.82, 2.24) is 14.8 Å². The van der Waals surface area contributed by atoms with Crippen LogP contribution in [-0.4, -0.2) is 25.6 Å². The summed E-state index contributed by atoms with van der Waals surface area (Å²) < 4.78 is 1.52. The summed E-state index contributed by atoms with van der Waals surface area (Å²) in [6.45, 7) is 3.91. The minimum atomic E-state index is -0.781. The van der Waals surface area contributed by atoms with Gasteiger partial charge in [0.2, 0.25) is 0 Å². The van der Waals surface area contributed by atoms with E-state index in [2.05, 4.69) is 10.1 Å². The standard InChI is InChI=1S/C13H15N5O3/c1-3-8-5-9(4-2)17(16-8)13-11(12(14)19)6-10(7-15-13)18(20)21/h5-7H,3-4H2,1-2H3,(H2,14,19). The highest BCUT2D eigenvalue weighted by atomic mass is 16.6. The molecule has 0 aromatic carbocycles. The Morgan fingerprint density at radius 1 is 1.38 bits per heavy atom. The molecule has 0 fully saturated rings. The van der Waals surface area contributed by atoms with E-state index in [-0.39, 0.29) is 17.1 Å². The number of carbonyl (C=O) groups is 1. The maximum absolute atomic E-state index is 11.6. The molecule has 2 aromatic rings. The third kappa shape index (κ3) is 2.73. The first kappa shape index (κ1) is 14.6. The normalized spacial score (nSPS) is 10.6. The molecule has 0 aliphatic heterocycles. The van der Waals surface area contributed by atoms with Gasteiger partial charge >= 0.3 is 0 Å². The summed E-state index contributed by atoms with van der Waals surface area (Å²) >= 11 is 0. The molecule has 8 nitrogen and oxygen atoms in total. The third-order valence-corrected chi connectivity index (χ3v) is 3.09. The number of hydrogen-bond acceptors (Lipinski definition) is 5. The van der Waals surface area contributed by atoms with Gasteiger partial charge in [0, 0.05) is 11.8 Å². The number of pyridine rings is 1. The molecule has 21 heavy (non-hydrogen) atoms.